The minimum absolute atomic E-state index is 0.269. The first-order valence-electron chi connectivity index (χ1n) is 35.9. The van der Waals surface area contributed by atoms with E-state index in [1.807, 2.05) is 97.1 Å². The van der Waals surface area contributed by atoms with E-state index in [2.05, 4.69) is 314 Å². The van der Waals surface area contributed by atoms with Crippen LogP contribution in [0.3, 0.4) is 0 Å². The number of fused-ring (bicyclic) bond motifs is 7. The Morgan fingerprint density at radius 2 is 0.456 bits per heavy atom. The van der Waals surface area contributed by atoms with Gasteiger partial charge in [-0.3, -0.25) is 0 Å². The van der Waals surface area contributed by atoms with Crippen molar-refractivity contribution in [3.8, 4) is 33.8 Å². The van der Waals surface area contributed by atoms with E-state index < -0.39 is 5.60 Å². The minimum Gasteiger partial charge on any atom is -0.457 e. The Balaban J connectivity index is 0.000000120. The summed E-state index contributed by atoms with van der Waals surface area (Å²) in [5, 5.41) is 0. The van der Waals surface area contributed by atoms with Gasteiger partial charge in [-0.1, -0.05) is 342 Å². The van der Waals surface area contributed by atoms with Crippen molar-refractivity contribution >= 4 is 5.97 Å². The van der Waals surface area contributed by atoms with Gasteiger partial charge in [0.2, 0.25) is 0 Å². The second kappa shape index (κ2) is 29.9. The Bertz CT molecular complexity index is 5010. The molecule has 1 heterocycles. The Kier molecular flexibility index (Phi) is 20.3. The van der Waals surface area contributed by atoms with Gasteiger partial charge < -0.3 is 9.47 Å². The highest BCUT2D eigenvalue weighted by Crippen LogP contribution is 2.58. The molecular formula is C100H90O3. The molecule has 3 heteroatoms. The number of hydrogen-bond acceptors (Lipinski definition) is 3. The molecule has 0 saturated carbocycles. The average Bonchev–Trinajstić information content (AvgIpc) is 1.57. The lowest BCUT2D eigenvalue weighted by molar-refractivity contribution is 0.0251. The Morgan fingerprint density at radius 1 is 0.223 bits per heavy atom. The molecule has 0 radical (unpaired) electrons. The lowest BCUT2D eigenvalue weighted by atomic mass is 9.67. The third-order valence-corrected chi connectivity index (χ3v) is 20.9. The topological polar surface area (TPSA) is 35.5 Å². The molecular weight excluding hydrogens is 1250 g/mol. The van der Waals surface area contributed by atoms with Crippen molar-refractivity contribution in [1.82, 2.24) is 0 Å². The largest absolute Gasteiger partial charge is 0.457 e. The second-order valence-electron chi connectivity index (χ2n) is 28.2. The zero-order valence-electron chi connectivity index (χ0n) is 61.4. The number of hydrogen-bond donors (Lipinski definition) is 0. The number of benzene rings is 14. The van der Waals surface area contributed by atoms with Crippen LogP contribution in [0, 0.1) is 83.1 Å². The van der Waals surface area contributed by atoms with Crippen LogP contribution in [0.4, 0.5) is 0 Å². The number of rotatable bonds is 8. The van der Waals surface area contributed by atoms with Gasteiger partial charge in [-0.25, -0.2) is 4.79 Å². The SMILES string of the molecule is Cc1ccc(C)cc1.Cc1ccc(C2(c3ccc(C)c(C)c3)c3ccccc3-c3ccccc32)cc1C.Cc1ccc(C2(c3ccc(C)cc3)OC(=O)c3ccccc32)cc1.Cc1ccc(C2(c3ccc(C)cc3)c3ccccc3-c3ccccc32)cc1.Cc1ccc(Oc2ccc(C)cc2)cc1. The number of carbonyl (C=O) groups is 1. The van der Waals surface area contributed by atoms with Gasteiger partial charge in [0, 0.05) is 16.7 Å². The van der Waals surface area contributed by atoms with Crippen molar-refractivity contribution in [1.29, 1.82) is 0 Å². The van der Waals surface area contributed by atoms with Crippen LogP contribution in [0.1, 0.15) is 138 Å². The monoisotopic (exact) mass is 1340 g/mol. The zero-order valence-corrected chi connectivity index (χ0v) is 61.4. The molecule has 2 aliphatic carbocycles. The van der Waals surface area contributed by atoms with Crippen LogP contribution in [0.2, 0.25) is 0 Å². The molecule has 1 aliphatic heterocycles. The van der Waals surface area contributed by atoms with E-state index in [-0.39, 0.29) is 16.8 Å². The molecule has 0 unspecified atom stereocenters. The fourth-order valence-electron chi connectivity index (χ4n) is 15.0. The van der Waals surface area contributed by atoms with E-state index in [9.17, 15) is 4.79 Å². The molecule has 17 rings (SSSR count). The Labute approximate surface area is 610 Å². The molecule has 0 aromatic heterocycles. The smallest absolute Gasteiger partial charge is 0.340 e. The van der Waals surface area contributed by atoms with Crippen molar-refractivity contribution in [2.75, 3.05) is 0 Å². The van der Waals surface area contributed by atoms with Gasteiger partial charge >= 0.3 is 5.97 Å². The number of ether oxygens (including phenoxy) is 2. The van der Waals surface area contributed by atoms with E-state index in [1.165, 1.54) is 134 Å². The predicted octanol–water partition coefficient (Wildman–Crippen LogP) is 25.1. The van der Waals surface area contributed by atoms with Crippen molar-refractivity contribution in [2.24, 2.45) is 0 Å². The van der Waals surface area contributed by atoms with Crippen LogP contribution in [0.15, 0.2) is 328 Å². The molecule has 508 valence electrons. The molecule has 3 aliphatic rings. The standard InChI is InChI=1S/C29H26.C27H22.C22H18O2.C14H14O.C8H10/c1-19-13-15-23(17-21(19)3)29(24-16-14-20(2)22(4)18-24)27-11-7-5-9-25(27)26-10-6-8-12-28(26)29;1-19-11-15-21(16-12-19)27(22-17-13-20(2)14-18-22)25-9-5-3-7-23(25)24-8-4-6-10-26(24)27;1-15-7-11-17(12-8-15)22(18-13-9-16(2)10-14-18)20-6-4-3-5-19(20)21(23)24-22;1-11-3-7-13(8-4-11)15-14-9-5-12(2)6-10-14;1-7-3-5-8(2)6-4-7/h5-18H,1-4H3;3-18H,1-2H3;3-14H,1-2H3;3-10H,1-2H3;3-6H,1-2H3. The number of cyclic esters (lactones) is 1. The van der Waals surface area contributed by atoms with Gasteiger partial charge in [0.1, 0.15) is 11.5 Å². The number of aryl methyl sites for hydroxylation is 12. The fraction of sp³-hybridized carbons (Fsp3) is 0.150. The van der Waals surface area contributed by atoms with Crippen LogP contribution in [0.25, 0.3) is 22.3 Å². The summed E-state index contributed by atoms with van der Waals surface area (Å²) in [6, 6.07) is 116. The third-order valence-electron chi connectivity index (χ3n) is 20.9. The van der Waals surface area contributed by atoms with E-state index in [0.717, 1.165) is 28.2 Å². The summed E-state index contributed by atoms with van der Waals surface area (Å²) in [6.45, 7) is 25.6. The molecule has 0 bridgehead atoms. The zero-order chi connectivity index (χ0) is 72.0. The van der Waals surface area contributed by atoms with Crippen molar-refractivity contribution in [3.63, 3.8) is 0 Å². The maximum atomic E-state index is 12.5. The summed E-state index contributed by atoms with van der Waals surface area (Å²) < 4.78 is 11.7. The van der Waals surface area contributed by atoms with Crippen molar-refractivity contribution < 1.29 is 14.3 Å². The summed E-state index contributed by atoms with van der Waals surface area (Å²) in [5.74, 6) is 1.49. The highest BCUT2D eigenvalue weighted by atomic mass is 16.6. The van der Waals surface area contributed by atoms with Gasteiger partial charge in [0.25, 0.3) is 0 Å². The summed E-state index contributed by atoms with van der Waals surface area (Å²) in [5.41, 5.74) is 33.7. The first-order chi connectivity index (χ1) is 49.9. The number of carbonyl (C=O) groups excluding carboxylic acids is 1. The molecule has 3 nitrogen and oxygen atoms in total. The molecule has 0 amide bonds. The summed E-state index contributed by atoms with van der Waals surface area (Å²) >= 11 is 0. The molecule has 0 N–H and O–H groups in total. The molecule has 14 aromatic rings. The highest BCUT2D eigenvalue weighted by Gasteiger charge is 2.50. The van der Waals surface area contributed by atoms with Crippen LogP contribution in [0.5, 0.6) is 11.5 Å². The van der Waals surface area contributed by atoms with Crippen molar-refractivity contribution in [3.05, 3.63) is 461 Å². The molecule has 0 spiro atoms. The predicted molar refractivity (Wildman–Crippen MR) is 428 cm³/mol. The molecule has 0 fully saturated rings. The third kappa shape index (κ3) is 13.8. The normalized spacial score (nSPS) is 13.2. The molecule has 14 aromatic carbocycles. The van der Waals surface area contributed by atoms with Gasteiger partial charge in [0.05, 0.1) is 16.4 Å². The van der Waals surface area contributed by atoms with Crippen LogP contribution in [-0.4, -0.2) is 5.97 Å². The average molecular weight is 1340 g/mol. The van der Waals surface area contributed by atoms with E-state index >= 15 is 0 Å². The Hall–Kier alpha value is -11.7. The van der Waals surface area contributed by atoms with Gasteiger partial charge in [0.15, 0.2) is 5.60 Å². The minimum atomic E-state index is -0.880. The van der Waals surface area contributed by atoms with Crippen molar-refractivity contribution in [2.45, 2.75) is 99.5 Å². The van der Waals surface area contributed by atoms with E-state index in [4.69, 9.17) is 9.47 Å². The molecule has 0 saturated heterocycles. The quantitative estimate of drug-likeness (QED) is 0.142. The maximum Gasteiger partial charge on any atom is 0.340 e. The van der Waals surface area contributed by atoms with Crippen LogP contribution >= 0.6 is 0 Å². The fourth-order valence-corrected chi connectivity index (χ4v) is 15.0. The highest BCUT2D eigenvalue weighted by molar-refractivity contribution is 5.96. The summed E-state index contributed by atoms with van der Waals surface area (Å²) in [4.78, 5) is 12.5. The van der Waals surface area contributed by atoms with Gasteiger partial charge in [-0.15, -0.1) is 0 Å². The maximum absolute atomic E-state index is 12.5. The van der Waals surface area contributed by atoms with Gasteiger partial charge in [-0.05, 0) is 202 Å². The molecule has 103 heavy (non-hydrogen) atoms. The lowest BCUT2D eigenvalue weighted by Crippen LogP contribution is -2.29. The van der Waals surface area contributed by atoms with Crippen LogP contribution < -0.4 is 4.74 Å². The summed E-state index contributed by atoms with van der Waals surface area (Å²) in [6.07, 6.45) is 0. The molecule has 0 atom stereocenters. The number of esters is 1. The first-order valence-corrected chi connectivity index (χ1v) is 35.9. The summed E-state index contributed by atoms with van der Waals surface area (Å²) in [7, 11) is 0. The van der Waals surface area contributed by atoms with E-state index in [1.54, 1.807) is 0 Å². The first kappa shape index (κ1) is 69.8. The lowest BCUT2D eigenvalue weighted by Gasteiger charge is -2.34. The Morgan fingerprint density at radius 3 is 0.757 bits per heavy atom. The second-order valence-corrected chi connectivity index (χ2v) is 28.2. The van der Waals surface area contributed by atoms with E-state index in [0.29, 0.717) is 5.56 Å². The van der Waals surface area contributed by atoms with Gasteiger partial charge in [-0.2, -0.15) is 0 Å². The van der Waals surface area contributed by atoms with Crippen LogP contribution in [-0.2, 0) is 21.2 Å².